The van der Waals surface area contributed by atoms with E-state index in [0.717, 1.165) is 17.8 Å². The number of aromatic nitrogens is 2. The molecule has 2 aromatic carbocycles. The fraction of sp³-hybridized carbons (Fsp3) is 0.250. The third-order valence-electron chi connectivity index (χ3n) is 5.81. The first kappa shape index (κ1) is 25.4. The van der Waals surface area contributed by atoms with Crippen LogP contribution in [0.15, 0.2) is 52.5 Å². The molecule has 3 heterocycles. The molecule has 37 heavy (non-hydrogen) atoms. The Morgan fingerprint density at radius 2 is 2.08 bits per heavy atom. The lowest BCUT2D eigenvalue weighted by molar-refractivity contribution is -0.138. The van der Waals surface area contributed by atoms with Gasteiger partial charge in [0.05, 0.1) is 28.7 Å². The van der Waals surface area contributed by atoms with Crippen molar-refractivity contribution in [3.8, 4) is 0 Å². The highest BCUT2D eigenvalue weighted by atomic mass is 35.5. The summed E-state index contributed by atoms with van der Waals surface area (Å²) in [6.45, 7) is -0.0580. The van der Waals surface area contributed by atoms with Crippen LogP contribution in [0.3, 0.4) is 0 Å². The maximum atomic E-state index is 13.5. The number of carbonyl (C=O) groups is 2. The first-order chi connectivity index (χ1) is 17.6. The van der Waals surface area contributed by atoms with Gasteiger partial charge in [-0.3, -0.25) is 9.48 Å². The molecule has 192 valence electrons. The molecule has 13 heteroatoms. The molecule has 1 fully saturated rings. The Hall–Kier alpha value is -3.22. The van der Waals surface area contributed by atoms with Crippen LogP contribution in [0, 0.1) is 0 Å². The summed E-state index contributed by atoms with van der Waals surface area (Å²) in [5.41, 5.74) is 0.407. The predicted octanol–water partition coefficient (Wildman–Crippen LogP) is 4.97. The van der Waals surface area contributed by atoms with Crippen molar-refractivity contribution < 1.29 is 31.9 Å². The van der Waals surface area contributed by atoms with E-state index in [1.54, 1.807) is 24.3 Å². The van der Waals surface area contributed by atoms with E-state index in [0.29, 0.717) is 16.5 Å². The van der Waals surface area contributed by atoms with Crippen molar-refractivity contribution in [3.05, 3.63) is 69.2 Å². The molecule has 0 radical (unpaired) electrons. The zero-order chi connectivity index (χ0) is 26.3. The minimum atomic E-state index is -4.56. The lowest BCUT2D eigenvalue weighted by Gasteiger charge is -2.14. The quantitative estimate of drug-likeness (QED) is 0.279. The number of alkyl halides is 4. The molecule has 7 nitrogen and oxygen atoms in total. The van der Waals surface area contributed by atoms with Crippen LogP contribution in [0.4, 0.5) is 17.6 Å². The van der Waals surface area contributed by atoms with Crippen molar-refractivity contribution in [2.24, 2.45) is 4.99 Å². The van der Waals surface area contributed by atoms with Gasteiger partial charge >= 0.3 is 12.1 Å². The van der Waals surface area contributed by atoms with Gasteiger partial charge in [0.1, 0.15) is 12.2 Å². The van der Waals surface area contributed by atoms with Crippen molar-refractivity contribution in [1.29, 1.82) is 0 Å². The van der Waals surface area contributed by atoms with Crippen molar-refractivity contribution >= 4 is 57.4 Å². The minimum Gasteiger partial charge on any atom is -0.400 e. The molecule has 1 N–H and O–H groups in total. The second kappa shape index (κ2) is 9.92. The zero-order valence-corrected chi connectivity index (χ0v) is 20.3. The van der Waals surface area contributed by atoms with Crippen LogP contribution in [0.2, 0.25) is 5.02 Å². The van der Waals surface area contributed by atoms with Crippen LogP contribution in [0.1, 0.15) is 23.1 Å². The zero-order valence-electron chi connectivity index (χ0n) is 18.8. The maximum Gasteiger partial charge on any atom is 0.416 e. The summed E-state index contributed by atoms with van der Waals surface area (Å²) in [4.78, 5) is 28.4. The molecule has 1 amide bonds. The molecule has 5 rings (SSSR count). The molecule has 2 atom stereocenters. The highest BCUT2D eigenvalue weighted by molar-refractivity contribution is 8.18. The van der Waals surface area contributed by atoms with Gasteiger partial charge in [-0.2, -0.15) is 23.3 Å². The number of halogens is 5. The Balaban J connectivity index is 1.31. The normalized spacial score (nSPS) is 21.2. The van der Waals surface area contributed by atoms with Crippen molar-refractivity contribution in [2.45, 2.75) is 31.4 Å². The number of thioether (sulfide) groups is 1. The second-order valence-electron chi connectivity index (χ2n) is 8.43. The van der Waals surface area contributed by atoms with Gasteiger partial charge in [-0.05, 0) is 53.2 Å². The number of amides is 1. The molecular formula is C24H17ClF4N4O3S. The van der Waals surface area contributed by atoms with Crippen LogP contribution in [0.5, 0.6) is 0 Å². The Kier molecular flexibility index (Phi) is 6.82. The average Bonchev–Trinajstić information content (AvgIpc) is 3.53. The molecule has 1 aromatic heterocycles. The number of hydrogen-bond donors (Lipinski definition) is 1. The Morgan fingerprint density at radius 1 is 1.27 bits per heavy atom. The summed E-state index contributed by atoms with van der Waals surface area (Å²) >= 11 is 6.64. The molecule has 1 saturated heterocycles. The molecular weight excluding hydrogens is 536 g/mol. The number of nitrogens with one attached hydrogen (secondary N) is 1. The van der Waals surface area contributed by atoms with E-state index in [1.165, 1.54) is 23.0 Å². The molecule has 0 unspecified atom stereocenters. The van der Waals surface area contributed by atoms with Crippen LogP contribution >= 0.6 is 23.4 Å². The van der Waals surface area contributed by atoms with Crippen molar-refractivity contribution in [2.75, 3.05) is 6.54 Å². The van der Waals surface area contributed by atoms with Gasteiger partial charge in [-0.1, -0.05) is 23.7 Å². The van der Waals surface area contributed by atoms with Gasteiger partial charge < -0.3 is 10.1 Å². The molecule has 2 aliphatic heterocycles. The third-order valence-corrected chi connectivity index (χ3v) is 6.91. The fourth-order valence-corrected chi connectivity index (χ4v) is 4.99. The number of rotatable bonds is 4. The van der Waals surface area contributed by atoms with Crippen LogP contribution < -0.4 is 5.32 Å². The summed E-state index contributed by atoms with van der Waals surface area (Å²) < 4.78 is 60.3. The van der Waals surface area contributed by atoms with Crippen LogP contribution in [-0.2, 0) is 27.0 Å². The highest BCUT2D eigenvalue weighted by Crippen LogP contribution is 2.35. The summed E-state index contributed by atoms with van der Waals surface area (Å²) in [5.74, 6) is -1.29. The lowest BCUT2D eigenvalue weighted by Crippen LogP contribution is -2.33. The summed E-state index contributed by atoms with van der Waals surface area (Å²) in [6, 6.07) is 7.90. The molecule has 0 saturated carbocycles. The van der Waals surface area contributed by atoms with E-state index >= 15 is 0 Å². The highest BCUT2D eigenvalue weighted by Gasteiger charge is 2.34. The third kappa shape index (κ3) is 5.55. The van der Waals surface area contributed by atoms with Gasteiger partial charge in [0.15, 0.2) is 0 Å². The van der Waals surface area contributed by atoms with Gasteiger partial charge in [-0.25, -0.2) is 9.18 Å². The molecule has 3 aromatic rings. The van der Waals surface area contributed by atoms with Gasteiger partial charge in [-0.15, -0.1) is 0 Å². The summed E-state index contributed by atoms with van der Waals surface area (Å²) in [5, 5.41) is 7.43. The first-order valence-corrected chi connectivity index (χ1v) is 12.2. The topological polar surface area (TPSA) is 85.6 Å². The first-order valence-electron chi connectivity index (χ1n) is 11.0. The minimum absolute atomic E-state index is 0.00332. The number of benzene rings is 2. The number of aliphatic imine (C=N–C) groups is 1. The van der Waals surface area contributed by atoms with E-state index in [9.17, 15) is 27.2 Å². The molecule has 2 aliphatic rings. The second-order valence-corrected chi connectivity index (χ2v) is 9.86. The largest absolute Gasteiger partial charge is 0.416 e. The smallest absolute Gasteiger partial charge is 0.400 e. The van der Waals surface area contributed by atoms with Crippen molar-refractivity contribution in [1.82, 2.24) is 15.1 Å². The Bertz CT molecular complexity index is 1470. The van der Waals surface area contributed by atoms with Gasteiger partial charge in [0.25, 0.3) is 11.1 Å². The number of esters is 1. The fourth-order valence-electron chi connectivity index (χ4n) is 4.05. The van der Waals surface area contributed by atoms with Gasteiger partial charge in [0.2, 0.25) is 0 Å². The number of ether oxygens (including phenoxy) is 1. The van der Waals surface area contributed by atoms with E-state index in [4.69, 9.17) is 16.3 Å². The van der Waals surface area contributed by atoms with E-state index < -0.39 is 35.8 Å². The predicted molar refractivity (Wildman–Crippen MR) is 131 cm³/mol. The van der Waals surface area contributed by atoms with E-state index in [1.807, 2.05) is 0 Å². The maximum absolute atomic E-state index is 13.5. The standard InChI is InChI=1S/C24H17ClF4N4O3S/c25-15-3-2-13(17(7-15)24(27,28)29)11-33-19-4-1-12(5-14(19)9-31-33)6-20-21(34)32-23(37-20)36-22(35)18-8-16(26)10-30-18/h1-7,9,16,18,30H,8,10-11H2/t16-,18-/m0/s1. The number of fused-ring (bicyclic) bond motifs is 1. The van der Waals surface area contributed by atoms with E-state index in [-0.39, 0.29) is 40.2 Å². The van der Waals surface area contributed by atoms with Gasteiger partial charge in [0, 0.05) is 23.4 Å². The lowest BCUT2D eigenvalue weighted by atomic mass is 10.1. The van der Waals surface area contributed by atoms with Crippen LogP contribution in [-0.4, -0.2) is 45.6 Å². The summed E-state index contributed by atoms with van der Waals surface area (Å²) in [7, 11) is 0. The van der Waals surface area contributed by atoms with Crippen molar-refractivity contribution in [3.63, 3.8) is 0 Å². The van der Waals surface area contributed by atoms with E-state index in [2.05, 4.69) is 15.4 Å². The number of nitrogens with zero attached hydrogens (tertiary/aromatic N) is 3. The van der Waals surface area contributed by atoms with Crippen LogP contribution in [0.25, 0.3) is 17.0 Å². The summed E-state index contributed by atoms with van der Waals surface area (Å²) in [6.07, 6.45) is -2.63. The number of hydrogen-bond acceptors (Lipinski definition) is 6. The average molecular weight is 553 g/mol. The Morgan fingerprint density at radius 3 is 2.81 bits per heavy atom. The monoisotopic (exact) mass is 552 g/mol. The SMILES string of the molecule is O=C1N=C(OC(=O)[C@@H]2C[C@H](F)CN2)SC1=Cc1ccc2c(cnn2Cc2ccc(Cl)cc2C(F)(F)F)c1. The molecule has 0 bridgehead atoms. The number of carbonyl (C=O) groups excluding carboxylic acids is 2. The molecule has 0 spiro atoms. The molecule has 0 aliphatic carbocycles. The Labute approximate surface area is 216 Å².